The lowest BCUT2D eigenvalue weighted by molar-refractivity contribution is -0.135. The number of carbonyl (C=O) groups is 2. The number of nitrogens with one attached hydrogen (secondary N) is 1. The van der Waals surface area contributed by atoms with Gasteiger partial charge in [0.15, 0.2) is 0 Å². The molecule has 1 rings (SSSR count). The number of nitrogens with two attached hydrogens (primary N) is 1. The van der Waals surface area contributed by atoms with Gasteiger partial charge in [0.1, 0.15) is 6.54 Å². The van der Waals surface area contributed by atoms with Gasteiger partial charge in [0, 0.05) is 31.5 Å². The van der Waals surface area contributed by atoms with Crippen LogP contribution in [-0.2, 0) is 16.1 Å². The van der Waals surface area contributed by atoms with Crippen molar-refractivity contribution in [2.45, 2.75) is 20.4 Å². The van der Waals surface area contributed by atoms with Gasteiger partial charge in [0.05, 0.1) is 6.54 Å². The number of pyridine rings is 1. The first-order valence-electron chi connectivity index (χ1n) is 6.76. The topological polar surface area (TPSA) is 97.4 Å². The molecule has 0 bridgehead atoms. The van der Waals surface area contributed by atoms with Crippen molar-refractivity contribution in [3.05, 3.63) is 28.7 Å². The molecule has 0 aliphatic heterocycles. The Morgan fingerprint density at radius 2 is 2.05 bits per heavy atom. The van der Waals surface area contributed by atoms with Crippen LogP contribution in [0.3, 0.4) is 0 Å². The molecule has 0 aromatic carbocycles. The maximum atomic E-state index is 12.0. The fraction of sp³-hybridized carbons (Fsp3) is 0.500. The summed E-state index contributed by atoms with van der Waals surface area (Å²) in [5.74, 6) is -0.206. The van der Waals surface area contributed by atoms with Gasteiger partial charge in [-0.3, -0.25) is 14.4 Å². The summed E-state index contributed by atoms with van der Waals surface area (Å²) in [6.07, 6.45) is 1.41. The highest BCUT2D eigenvalue weighted by Crippen LogP contribution is 1.97. The average molecular weight is 294 g/mol. The predicted octanol–water partition coefficient (Wildman–Crippen LogP) is -0.339. The van der Waals surface area contributed by atoms with E-state index in [1.165, 1.54) is 34.8 Å². The van der Waals surface area contributed by atoms with Crippen LogP contribution in [0.25, 0.3) is 0 Å². The number of aromatic nitrogens is 1. The van der Waals surface area contributed by atoms with Crippen LogP contribution in [0.15, 0.2) is 23.1 Å². The maximum Gasteiger partial charge on any atom is 0.251 e. The van der Waals surface area contributed by atoms with E-state index in [0.717, 1.165) is 0 Å². The van der Waals surface area contributed by atoms with Crippen molar-refractivity contribution < 1.29 is 9.59 Å². The molecular formula is C14H22N4O3. The van der Waals surface area contributed by atoms with Gasteiger partial charge in [-0.05, 0) is 12.0 Å². The van der Waals surface area contributed by atoms with Crippen LogP contribution in [0, 0.1) is 5.92 Å². The van der Waals surface area contributed by atoms with Gasteiger partial charge >= 0.3 is 0 Å². The van der Waals surface area contributed by atoms with Crippen molar-refractivity contribution in [1.29, 1.82) is 0 Å². The largest absolute Gasteiger partial charge is 0.398 e. The van der Waals surface area contributed by atoms with E-state index in [4.69, 9.17) is 5.73 Å². The smallest absolute Gasteiger partial charge is 0.251 e. The molecule has 21 heavy (non-hydrogen) atoms. The fourth-order valence-corrected chi connectivity index (χ4v) is 1.62. The molecule has 7 nitrogen and oxygen atoms in total. The molecule has 0 saturated heterocycles. The number of rotatable bonds is 6. The number of likely N-dealkylation sites (N-methyl/N-ethyl adjacent to an activating group) is 1. The molecule has 1 aromatic heterocycles. The second kappa shape index (κ2) is 7.47. The van der Waals surface area contributed by atoms with Crippen LogP contribution in [-0.4, -0.2) is 41.4 Å². The molecule has 7 heteroatoms. The summed E-state index contributed by atoms with van der Waals surface area (Å²) in [4.78, 5) is 36.5. The first kappa shape index (κ1) is 16.7. The van der Waals surface area contributed by atoms with Crippen molar-refractivity contribution in [3.8, 4) is 0 Å². The lowest BCUT2D eigenvalue weighted by Gasteiger charge is -2.18. The van der Waals surface area contributed by atoms with Gasteiger partial charge < -0.3 is 20.5 Å². The van der Waals surface area contributed by atoms with Crippen molar-refractivity contribution >= 4 is 17.5 Å². The number of anilines is 1. The number of nitrogens with zero attached hydrogens (tertiary/aromatic N) is 2. The monoisotopic (exact) mass is 294 g/mol. The molecule has 0 fully saturated rings. The molecule has 116 valence electrons. The van der Waals surface area contributed by atoms with Gasteiger partial charge in [-0.2, -0.15) is 0 Å². The third-order valence-corrected chi connectivity index (χ3v) is 2.83. The number of hydrogen-bond acceptors (Lipinski definition) is 4. The molecule has 0 atom stereocenters. The van der Waals surface area contributed by atoms with E-state index >= 15 is 0 Å². The minimum absolute atomic E-state index is 0.0391. The van der Waals surface area contributed by atoms with Crippen LogP contribution >= 0.6 is 0 Å². The zero-order chi connectivity index (χ0) is 16.0. The second-order valence-corrected chi connectivity index (χ2v) is 5.38. The zero-order valence-corrected chi connectivity index (χ0v) is 12.6. The van der Waals surface area contributed by atoms with E-state index in [-0.39, 0.29) is 30.5 Å². The van der Waals surface area contributed by atoms with E-state index in [0.29, 0.717) is 18.2 Å². The Kier molecular flexibility index (Phi) is 5.95. The highest BCUT2D eigenvalue weighted by Gasteiger charge is 2.14. The van der Waals surface area contributed by atoms with Crippen molar-refractivity contribution in [3.63, 3.8) is 0 Å². The second-order valence-electron chi connectivity index (χ2n) is 5.38. The van der Waals surface area contributed by atoms with Gasteiger partial charge in [0.25, 0.3) is 5.56 Å². The van der Waals surface area contributed by atoms with Crippen LogP contribution in [0.2, 0.25) is 0 Å². The van der Waals surface area contributed by atoms with Crippen LogP contribution in [0.4, 0.5) is 5.69 Å². The highest BCUT2D eigenvalue weighted by atomic mass is 16.2. The summed E-state index contributed by atoms with van der Waals surface area (Å²) in [5, 5.41) is 2.73. The Bertz CT molecular complexity index is 566. The summed E-state index contributed by atoms with van der Waals surface area (Å²) < 4.78 is 1.22. The normalized spacial score (nSPS) is 10.5. The molecule has 0 aliphatic rings. The Hall–Kier alpha value is -2.31. The first-order valence-corrected chi connectivity index (χ1v) is 6.76. The molecule has 0 radical (unpaired) electrons. The Balaban J connectivity index is 2.57. The van der Waals surface area contributed by atoms with Crippen LogP contribution < -0.4 is 16.6 Å². The summed E-state index contributed by atoms with van der Waals surface area (Å²) in [7, 11) is 1.52. The highest BCUT2D eigenvalue weighted by molar-refractivity contribution is 5.84. The van der Waals surface area contributed by atoms with E-state index in [9.17, 15) is 14.4 Å². The molecule has 0 unspecified atom stereocenters. The van der Waals surface area contributed by atoms with E-state index in [2.05, 4.69) is 5.32 Å². The Labute approximate surface area is 123 Å². The lowest BCUT2D eigenvalue weighted by atomic mass is 10.2. The first-order chi connectivity index (χ1) is 9.79. The van der Waals surface area contributed by atoms with E-state index in [1.807, 2.05) is 13.8 Å². The molecule has 1 aromatic rings. The van der Waals surface area contributed by atoms with E-state index in [1.54, 1.807) is 0 Å². The molecular weight excluding hydrogens is 272 g/mol. The number of carbonyl (C=O) groups excluding carboxylic acids is 2. The Morgan fingerprint density at radius 3 is 2.67 bits per heavy atom. The standard InChI is InChI=1S/C14H22N4O3/c1-10(2)6-16-12(19)8-17(3)14(21)9-18-7-11(15)4-5-13(18)20/h4-5,7,10H,6,8-9,15H2,1-3H3,(H,16,19). The zero-order valence-electron chi connectivity index (χ0n) is 12.6. The fourth-order valence-electron chi connectivity index (χ4n) is 1.62. The average Bonchev–Trinajstić information content (AvgIpc) is 2.40. The van der Waals surface area contributed by atoms with Crippen LogP contribution in [0.5, 0.6) is 0 Å². The third-order valence-electron chi connectivity index (χ3n) is 2.83. The Morgan fingerprint density at radius 1 is 1.38 bits per heavy atom. The van der Waals surface area contributed by atoms with Gasteiger partial charge in [-0.25, -0.2) is 0 Å². The molecule has 0 saturated carbocycles. The minimum Gasteiger partial charge on any atom is -0.398 e. The van der Waals surface area contributed by atoms with Crippen molar-refractivity contribution in [1.82, 2.24) is 14.8 Å². The minimum atomic E-state index is -0.331. The number of amides is 2. The molecule has 2 amide bonds. The molecule has 0 spiro atoms. The summed E-state index contributed by atoms with van der Waals surface area (Å²) in [6, 6.07) is 2.78. The van der Waals surface area contributed by atoms with Crippen molar-refractivity contribution in [2.75, 3.05) is 25.9 Å². The summed E-state index contributed by atoms with van der Waals surface area (Å²) >= 11 is 0. The SMILES string of the molecule is CC(C)CNC(=O)CN(C)C(=O)Cn1cc(N)ccc1=O. The van der Waals surface area contributed by atoms with Gasteiger partial charge in [-0.15, -0.1) is 0 Å². The van der Waals surface area contributed by atoms with Gasteiger partial charge in [-0.1, -0.05) is 13.8 Å². The van der Waals surface area contributed by atoms with Crippen LogP contribution in [0.1, 0.15) is 13.8 Å². The lowest BCUT2D eigenvalue weighted by Crippen LogP contribution is -2.41. The molecule has 0 aliphatic carbocycles. The van der Waals surface area contributed by atoms with E-state index < -0.39 is 0 Å². The number of nitrogen functional groups attached to an aromatic ring is 1. The third kappa shape index (κ3) is 5.68. The van der Waals surface area contributed by atoms with Gasteiger partial charge in [0.2, 0.25) is 11.8 Å². The maximum absolute atomic E-state index is 12.0. The summed E-state index contributed by atoms with van der Waals surface area (Å²) in [6.45, 7) is 4.36. The van der Waals surface area contributed by atoms with Crippen molar-refractivity contribution in [2.24, 2.45) is 5.92 Å². The molecule has 3 N–H and O–H groups in total. The summed E-state index contributed by atoms with van der Waals surface area (Å²) in [5.41, 5.74) is 5.67. The predicted molar refractivity (Wildman–Crippen MR) is 80.6 cm³/mol. The quantitative estimate of drug-likeness (QED) is 0.750. The number of hydrogen-bond donors (Lipinski definition) is 2. The molecule has 1 heterocycles.